The Balaban J connectivity index is 0. The van der Waals surface area contributed by atoms with Crippen LogP contribution in [0.4, 0.5) is 0 Å². The molecule has 0 radical (unpaired) electrons. The smallest absolute Gasteiger partial charge is 0.407 e. The number of carbonyl (C=O) groups excluding carboxylic acids is 2. The lowest BCUT2D eigenvalue weighted by molar-refractivity contribution is -0.550. The topological polar surface area (TPSA) is 482 Å². The maximum absolute atomic E-state index is 12.7. The lowest BCUT2D eigenvalue weighted by Crippen LogP contribution is -2.44. The number of aliphatic hydroxyl groups is 3. The number of aliphatic hydroxyl groups excluding tert-OH is 3. The number of ether oxygens (including phenoxy) is 3. The molecule has 0 saturated carbocycles. The van der Waals surface area contributed by atoms with Gasteiger partial charge < -0.3 is 85.2 Å². The van der Waals surface area contributed by atoms with Gasteiger partial charge in [0.05, 0.1) is 116 Å². The van der Waals surface area contributed by atoms with E-state index < -0.39 is 116 Å². The van der Waals surface area contributed by atoms with Gasteiger partial charge in [-0.25, -0.2) is 4.79 Å². The summed E-state index contributed by atoms with van der Waals surface area (Å²) < 4.78 is 129. The highest BCUT2D eigenvalue weighted by Gasteiger charge is 2.67. The highest BCUT2D eigenvalue weighted by atomic mass is 31.2. The molecule has 5 aliphatic rings. The molecule has 104 heavy (non-hydrogen) atoms. The summed E-state index contributed by atoms with van der Waals surface area (Å²) in [6.45, 7) is 30.9. The first-order valence-electron chi connectivity index (χ1n) is 35.5. The molecule has 0 amide bonds. The quantitative estimate of drug-likeness (QED) is 0.0128. The molecule has 0 aromatic heterocycles. The van der Waals surface area contributed by atoms with Gasteiger partial charge in [-0.15, -0.1) is 7.92 Å². The van der Waals surface area contributed by atoms with Crippen LogP contribution >= 0.6 is 45.9 Å². The van der Waals surface area contributed by atoms with Crippen molar-refractivity contribution in [1.29, 1.82) is 0 Å². The van der Waals surface area contributed by atoms with Crippen molar-refractivity contribution in [3.8, 4) is 0 Å². The minimum atomic E-state index is -4.00. The molecule has 5 rings (SSSR count). The van der Waals surface area contributed by atoms with E-state index in [1.165, 1.54) is 91.6 Å². The van der Waals surface area contributed by atoms with Crippen molar-refractivity contribution in [1.82, 2.24) is 0 Å². The first-order valence-corrected chi connectivity index (χ1v) is 45.1. The standard InChI is InChI=1S/C12H27P.C10H20NO7P.C10H18NO7P.2C10H20NO5P.C6H14NO5P.C4H4O2/c1-4-7-10-13(11-8-5-2)12-9-6-3;2*1-4-17-19(15,18-5-2)10(3,11(13)14)8-6-9(12)16-7-8;2*1-4-15-17(14,16-5-2)10(3)9(8-12)6-7-11(10)13;1-4-11-13(10,12-5-2)6(3)7(8)9;5-4-2-1-3-6-4/h4-12H2,1-3H3;8-9,12H,4-7H2,1-3H3;8H,4-7H2,1-3H3;2*7,9,12H,4-6,8H2,1-3H3;6H,4-5H2,1-3H3;1-2H,3H2/t;;;9?,10-;9-,10+;;/m...10../s1. The summed E-state index contributed by atoms with van der Waals surface area (Å²) in [6, 6.07) is 0. The first-order chi connectivity index (χ1) is 48.8. The SMILES string of the molecule is CCCCP(CCCC)CCCC.CCOP(=O)(OCC)C(C)(C1COC(=O)C1)[N+](=O)[O-].CCOP(=O)(OCC)C(C)(C1COC(O)C1)[N+](=O)[O-].CCOP(=O)(OCC)C(C)[N+](=O)[O-].CCOP(=O)(OCC)[C@]1(C)C(CO)CC=[N+]1[O-].CCOP(=O)(OCC)[C@]1(C)[C@H](CO)CC=[N+]1[O-].O=C1C=CCO1. The molecule has 3 N–H and O–H groups in total. The zero-order valence-electron chi connectivity index (χ0n) is 64.3. The number of esters is 2. The normalized spacial score (nSPS) is 23.0. The fraction of sp³-hybridized carbons (Fsp3) is 0.903. The predicted octanol–water partition coefficient (Wildman–Crippen LogP) is 13.4. The van der Waals surface area contributed by atoms with Crippen molar-refractivity contribution in [2.75, 3.05) is 118 Å². The number of hydrogen-bond acceptors (Lipinski definition) is 31. The van der Waals surface area contributed by atoms with Gasteiger partial charge in [0.15, 0.2) is 18.7 Å². The number of nitrogens with zero attached hydrogens (tertiary/aromatic N) is 5. The molecule has 0 aromatic carbocycles. The van der Waals surface area contributed by atoms with E-state index in [0.717, 1.165) is 0 Å². The van der Waals surface area contributed by atoms with Crippen LogP contribution in [0, 0.1) is 64.4 Å². The molecular weight excluding hydrogens is 1500 g/mol. The minimum absolute atomic E-state index is 0.0161. The highest BCUT2D eigenvalue weighted by molar-refractivity contribution is 7.57. The maximum Gasteiger partial charge on any atom is 0.407 e. The van der Waals surface area contributed by atoms with Crippen molar-refractivity contribution in [3.05, 3.63) is 52.9 Å². The van der Waals surface area contributed by atoms with Gasteiger partial charge in [-0.2, -0.15) is 9.48 Å². The van der Waals surface area contributed by atoms with Crippen LogP contribution in [0.15, 0.2) is 12.2 Å². The molecule has 0 aliphatic carbocycles. The Morgan fingerprint density at radius 2 is 0.923 bits per heavy atom. The van der Waals surface area contributed by atoms with Crippen LogP contribution in [0.3, 0.4) is 0 Å². The Labute approximate surface area is 615 Å². The number of hydroxylamine groups is 2. The van der Waals surface area contributed by atoms with Gasteiger partial charge in [0.1, 0.15) is 13.2 Å². The predicted molar refractivity (Wildman–Crippen MR) is 394 cm³/mol. The average Bonchev–Trinajstić information content (AvgIpc) is 1.45. The van der Waals surface area contributed by atoms with Crippen LogP contribution in [-0.4, -0.2) is 215 Å². The highest BCUT2D eigenvalue weighted by Crippen LogP contribution is 2.68. The van der Waals surface area contributed by atoms with Gasteiger partial charge in [0.25, 0.3) is 10.6 Å². The maximum atomic E-state index is 12.7. The zero-order chi connectivity index (χ0) is 80.4. The van der Waals surface area contributed by atoms with E-state index >= 15 is 0 Å². The lowest BCUT2D eigenvalue weighted by atomic mass is 10.00. The molecule has 5 heterocycles. The number of cyclic esters (lactones) is 2. The van der Waals surface area contributed by atoms with Gasteiger partial charge in [-0.05, 0) is 113 Å². The van der Waals surface area contributed by atoms with Crippen molar-refractivity contribution in [2.24, 2.45) is 23.7 Å². The Kier molecular flexibility index (Phi) is 50.8. The van der Waals surface area contributed by atoms with Crippen LogP contribution in [-0.2, 0) is 91.9 Å². The molecule has 0 aromatic rings. The summed E-state index contributed by atoms with van der Waals surface area (Å²) in [5, 5.41) is 78.3. The van der Waals surface area contributed by atoms with E-state index in [4.69, 9.17) is 54.7 Å². The Hall–Kier alpha value is -3.16. The van der Waals surface area contributed by atoms with Gasteiger partial charge in [-0.1, -0.05) is 40.0 Å². The molecule has 10 atom stereocenters. The largest absolute Gasteiger partial charge is 0.623 e. The Morgan fingerprint density at radius 1 is 0.577 bits per heavy atom. The van der Waals surface area contributed by atoms with E-state index in [1.54, 1.807) is 93.8 Å². The molecule has 7 unspecified atom stereocenters. The summed E-state index contributed by atoms with van der Waals surface area (Å²) in [5.41, 5.74) is 0. The molecular formula is C62H123N5O31P6. The summed E-state index contributed by atoms with van der Waals surface area (Å²) in [4.78, 5) is 52.3. The molecule has 0 spiro atoms. The van der Waals surface area contributed by atoms with E-state index in [2.05, 4.69) is 25.5 Å². The fourth-order valence-electron chi connectivity index (χ4n) is 10.7. The molecule has 0 bridgehead atoms. The summed E-state index contributed by atoms with van der Waals surface area (Å²) in [5.74, 6) is -4.53. The lowest BCUT2D eigenvalue weighted by Gasteiger charge is -2.34. The molecule has 2 saturated heterocycles. The van der Waals surface area contributed by atoms with E-state index in [-0.39, 0.29) is 111 Å². The Bertz CT molecular complexity index is 2770. The number of rotatable bonds is 41. The fourth-order valence-corrected chi connectivity index (χ4v) is 23.8. The number of carbonyl (C=O) groups is 2. The van der Waals surface area contributed by atoms with Crippen LogP contribution in [0.25, 0.3) is 0 Å². The summed E-state index contributed by atoms with van der Waals surface area (Å²) in [6.07, 6.45) is 18.6. The third kappa shape index (κ3) is 28.6. The molecule has 612 valence electrons. The van der Waals surface area contributed by atoms with Crippen molar-refractivity contribution < 1.29 is 131 Å². The van der Waals surface area contributed by atoms with E-state index in [0.29, 0.717) is 36.8 Å². The van der Waals surface area contributed by atoms with Gasteiger partial charge >= 0.3 is 66.3 Å². The zero-order valence-corrected chi connectivity index (χ0v) is 69.6. The second kappa shape index (κ2) is 51.3. The van der Waals surface area contributed by atoms with Gasteiger partial charge in [0.2, 0.25) is 0 Å². The molecule has 42 heteroatoms. The second-order valence-electron chi connectivity index (χ2n) is 24.0. The molecule has 5 aliphatic heterocycles. The molecule has 36 nitrogen and oxygen atoms in total. The first kappa shape index (κ1) is 103. The van der Waals surface area contributed by atoms with Crippen molar-refractivity contribution >= 4 is 70.3 Å². The minimum Gasteiger partial charge on any atom is -0.623 e. The van der Waals surface area contributed by atoms with E-state index in [1.807, 2.05) is 0 Å². The number of nitro groups is 3. The van der Waals surface area contributed by atoms with E-state index in [9.17, 15) is 88.5 Å². The second-order valence-corrected chi connectivity index (χ2v) is 38.7. The Morgan fingerprint density at radius 3 is 1.15 bits per heavy atom. The van der Waals surface area contributed by atoms with Crippen LogP contribution in [0.2, 0.25) is 0 Å². The monoisotopic (exact) mass is 1620 g/mol. The van der Waals surface area contributed by atoms with Crippen molar-refractivity contribution in [2.45, 2.75) is 222 Å². The van der Waals surface area contributed by atoms with Crippen LogP contribution in [0.5, 0.6) is 0 Å². The third-order valence-corrected chi connectivity index (χ3v) is 33.8. The van der Waals surface area contributed by atoms with Gasteiger partial charge in [-0.3, -0.25) is 58.0 Å². The average molecular weight is 1620 g/mol. The number of unbranched alkanes of at least 4 members (excludes halogenated alkanes) is 3. The number of hydrogen-bond donors (Lipinski definition) is 3. The molecule has 2 fully saturated rings. The third-order valence-electron chi connectivity index (χ3n) is 17.2. The summed E-state index contributed by atoms with van der Waals surface area (Å²) in [7, 11) is -18.3. The van der Waals surface area contributed by atoms with Crippen LogP contribution < -0.4 is 0 Å². The summed E-state index contributed by atoms with van der Waals surface area (Å²) >= 11 is 0. The van der Waals surface area contributed by atoms with Crippen LogP contribution in [0.1, 0.15) is 189 Å². The van der Waals surface area contributed by atoms with Gasteiger partial charge in [0, 0.05) is 74.7 Å². The van der Waals surface area contributed by atoms with Crippen molar-refractivity contribution in [3.63, 3.8) is 0 Å².